The zero-order valence-electron chi connectivity index (χ0n) is 16.5. The molecule has 0 fully saturated rings. The second-order valence-corrected chi connectivity index (χ2v) is 8.94. The molecule has 0 spiro atoms. The fourth-order valence-electron chi connectivity index (χ4n) is 2.82. The average molecular weight is 494 g/mol. The molecule has 0 heterocycles. The molecule has 0 aliphatic rings. The van der Waals surface area contributed by atoms with Crippen LogP contribution in [0.5, 0.6) is 0 Å². The first-order chi connectivity index (χ1) is 13.4. The molecule has 0 amide bonds. The topological polar surface area (TPSA) is 52.6 Å². The molecule has 0 unspecified atom stereocenters. The summed E-state index contributed by atoms with van der Waals surface area (Å²) in [5, 5.41) is 0. The summed E-state index contributed by atoms with van der Waals surface area (Å²) in [5.74, 6) is -0.465. The number of rotatable bonds is 9. The van der Waals surface area contributed by atoms with Gasteiger partial charge in [-0.15, -0.1) is 0 Å². The van der Waals surface area contributed by atoms with E-state index in [1.807, 2.05) is 19.1 Å². The van der Waals surface area contributed by atoms with E-state index in [1.165, 1.54) is 0 Å². The molecular formula is C23H27IO4. The Kier molecular flexibility index (Phi) is 8.96. The Labute approximate surface area is 180 Å². The van der Waals surface area contributed by atoms with Gasteiger partial charge in [-0.1, -0.05) is 79.3 Å². The molecule has 0 radical (unpaired) electrons. The number of benzene rings is 2. The summed E-state index contributed by atoms with van der Waals surface area (Å²) < 4.78 is 11.6. The van der Waals surface area contributed by atoms with Crippen molar-refractivity contribution in [2.75, 3.05) is 0 Å². The van der Waals surface area contributed by atoms with Crippen molar-refractivity contribution in [2.24, 2.45) is 5.92 Å². The number of esters is 2. The van der Waals surface area contributed by atoms with E-state index in [0.717, 1.165) is 6.42 Å². The Morgan fingerprint density at radius 3 is 1.75 bits per heavy atom. The molecule has 2 aromatic rings. The van der Waals surface area contributed by atoms with E-state index in [2.05, 4.69) is 36.4 Å². The van der Waals surface area contributed by atoms with Gasteiger partial charge in [-0.3, -0.25) is 0 Å². The number of alkyl halides is 1. The van der Waals surface area contributed by atoms with Gasteiger partial charge < -0.3 is 9.47 Å². The molecule has 0 aliphatic carbocycles. The molecule has 0 aliphatic heterocycles. The molecule has 0 saturated carbocycles. The lowest BCUT2D eigenvalue weighted by atomic mass is 9.96. The minimum Gasteiger partial charge on any atom is -0.455 e. The maximum absolute atomic E-state index is 12.6. The number of halogens is 1. The van der Waals surface area contributed by atoms with Crippen molar-refractivity contribution < 1.29 is 19.1 Å². The van der Waals surface area contributed by atoms with Crippen molar-refractivity contribution in [2.45, 2.75) is 49.7 Å². The van der Waals surface area contributed by atoms with Crippen LogP contribution in [0.15, 0.2) is 60.7 Å². The number of carbonyl (C=O) groups excluding carboxylic acids is 2. The maximum atomic E-state index is 12.6. The predicted molar refractivity (Wildman–Crippen MR) is 119 cm³/mol. The second-order valence-electron chi connectivity index (χ2n) is 6.97. The molecular weight excluding hydrogens is 467 g/mol. The summed E-state index contributed by atoms with van der Waals surface area (Å²) in [6.45, 7) is 6.17. The monoisotopic (exact) mass is 494 g/mol. The van der Waals surface area contributed by atoms with Crippen LogP contribution < -0.4 is 0 Å². The van der Waals surface area contributed by atoms with Crippen molar-refractivity contribution in [3.05, 3.63) is 71.8 Å². The largest absolute Gasteiger partial charge is 0.455 e. The van der Waals surface area contributed by atoms with E-state index in [9.17, 15) is 9.59 Å². The summed E-state index contributed by atoms with van der Waals surface area (Å²) in [6, 6.07) is 17.8. The van der Waals surface area contributed by atoms with Crippen LogP contribution in [0.4, 0.5) is 0 Å². The van der Waals surface area contributed by atoms with Gasteiger partial charge in [0, 0.05) is 3.92 Å². The normalized spacial score (nSPS) is 15.1. The Bertz CT molecular complexity index is 746. The molecule has 4 atom stereocenters. The van der Waals surface area contributed by atoms with E-state index in [1.54, 1.807) is 48.5 Å². The summed E-state index contributed by atoms with van der Waals surface area (Å²) in [4.78, 5) is 25.3. The summed E-state index contributed by atoms with van der Waals surface area (Å²) in [7, 11) is 0. The third-order valence-corrected chi connectivity index (χ3v) is 5.38. The molecule has 4 nitrogen and oxygen atoms in total. The summed E-state index contributed by atoms with van der Waals surface area (Å²) in [5.41, 5.74) is 0.979. The first kappa shape index (κ1) is 22.4. The fraction of sp³-hybridized carbons (Fsp3) is 0.391. The second kappa shape index (κ2) is 11.2. The molecule has 5 heteroatoms. The minimum atomic E-state index is -0.532. The van der Waals surface area contributed by atoms with Gasteiger partial charge >= 0.3 is 11.9 Å². The maximum Gasteiger partial charge on any atom is 0.338 e. The average Bonchev–Trinajstić information content (AvgIpc) is 2.72. The van der Waals surface area contributed by atoms with Crippen LogP contribution in [0, 0.1) is 5.92 Å². The predicted octanol–water partition coefficient (Wildman–Crippen LogP) is 5.70. The molecule has 0 saturated heterocycles. The number of ether oxygens (including phenoxy) is 2. The highest BCUT2D eigenvalue weighted by atomic mass is 127. The molecule has 2 aromatic carbocycles. The fourth-order valence-corrected chi connectivity index (χ4v) is 3.43. The molecule has 0 bridgehead atoms. The van der Waals surface area contributed by atoms with Gasteiger partial charge in [0.15, 0.2) is 6.10 Å². The first-order valence-electron chi connectivity index (χ1n) is 9.58. The summed E-state index contributed by atoms with van der Waals surface area (Å²) >= 11 is 2.22. The van der Waals surface area contributed by atoms with Crippen molar-refractivity contribution in [1.82, 2.24) is 0 Å². The molecule has 28 heavy (non-hydrogen) atoms. The minimum absolute atomic E-state index is 0.0251. The number of carbonyl (C=O) groups is 2. The van der Waals surface area contributed by atoms with E-state index in [-0.39, 0.29) is 3.92 Å². The number of hydrogen-bond donors (Lipinski definition) is 0. The Morgan fingerprint density at radius 2 is 1.32 bits per heavy atom. The van der Waals surface area contributed by atoms with Crippen LogP contribution in [0.25, 0.3) is 0 Å². The molecule has 0 N–H and O–H groups in total. The highest BCUT2D eigenvalue weighted by molar-refractivity contribution is 14.1. The highest BCUT2D eigenvalue weighted by Gasteiger charge is 2.33. The van der Waals surface area contributed by atoms with Crippen LogP contribution >= 0.6 is 22.6 Å². The van der Waals surface area contributed by atoms with Crippen molar-refractivity contribution in [1.29, 1.82) is 0 Å². The van der Waals surface area contributed by atoms with E-state index in [4.69, 9.17) is 9.47 Å². The zero-order chi connectivity index (χ0) is 20.5. The van der Waals surface area contributed by atoms with Crippen molar-refractivity contribution in [3.63, 3.8) is 0 Å². The van der Waals surface area contributed by atoms with Crippen molar-refractivity contribution >= 4 is 34.5 Å². The SMILES string of the molecule is CC[C@@H](C)C[C@H](OC(=O)c1ccccc1)[C@@H](OC(=O)c1ccccc1)[C@@H](C)I. The van der Waals surface area contributed by atoms with Gasteiger partial charge in [-0.2, -0.15) is 0 Å². The third-order valence-electron chi connectivity index (χ3n) is 4.67. The van der Waals surface area contributed by atoms with E-state index in [0.29, 0.717) is 23.5 Å². The lowest BCUT2D eigenvalue weighted by molar-refractivity contribution is -0.0406. The lowest BCUT2D eigenvalue weighted by Crippen LogP contribution is -2.41. The van der Waals surface area contributed by atoms with Gasteiger partial charge in [-0.25, -0.2) is 9.59 Å². The third kappa shape index (κ3) is 6.62. The van der Waals surface area contributed by atoms with Crippen LogP contribution in [0.1, 0.15) is 54.3 Å². The standard InChI is InChI=1S/C23H27IO4/c1-4-16(2)15-20(27-22(25)18-11-7-5-8-12-18)21(17(3)24)28-23(26)19-13-9-6-10-14-19/h5-14,16-17,20-21H,4,15H2,1-3H3/t16-,17-,20+,21+/m1/s1. The van der Waals surface area contributed by atoms with Crippen LogP contribution in [0.3, 0.4) is 0 Å². The Hall–Kier alpha value is -1.89. The van der Waals surface area contributed by atoms with Gasteiger partial charge in [0.2, 0.25) is 0 Å². The smallest absolute Gasteiger partial charge is 0.338 e. The van der Waals surface area contributed by atoms with Crippen LogP contribution in [0.2, 0.25) is 0 Å². The van der Waals surface area contributed by atoms with Gasteiger partial charge in [0.1, 0.15) is 6.10 Å². The first-order valence-corrected chi connectivity index (χ1v) is 10.8. The van der Waals surface area contributed by atoms with Crippen LogP contribution in [-0.4, -0.2) is 28.1 Å². The summed E-state index contributed by atoms with van der Waals surface area (Å²) in [6.07, 6.45) is 0.543. The van der Waals surface area contributed by atoms with Gasteiger partial charge in [-0.05, 0) is 43.5 Å². The quantitative estimate of drug-likeness (QED) is 0.255. The molecule has 150 valence electrons. The lowest BCUT2D eigenvalue weighted by Gasteiger charge is -2.30. The van der Waals surface area contributed by atoms with Crippen molar-refractivity contribution in [3.8, 4) is 0 Å². The Morgan fingerprint density at radius 1 is 0.857 bits per heavy atom. The van der Waals surface area contributed by atoms with E-state index >= 15 is 0 Å². The van der Waals surface area contributed by atoms with Gasteiger partial charge in [0.05, 0.1) is 11.1 Å². The zero-order valence-corrected chi connectivity index (χ0v) is 18.7. The molecule has 0 aromatic heterocycles. The molecule has 2 rings (SSSR count). The van der Waals surface area contributed by atoms with Gasteiger partial charge in [0.25, 0.3) is 0 Å². The number of hydrogen-bond acceptors (Lipinski definition) is 4. The Balaban J connectivity index is 2.21. The van der Waals surface area contributed by atoms with E-state index < -0.39 is 24.1 Å². The van der Waals surface area contributed by atoms with Crippen LogP contribution in [-0.2, 0) is 9.47 Å². The highest BCUT2D eigenvalue weighted by Crippen LogP contribution is 2.25.